The van der Waals surface area contributed by atoms with E-state index in [2.05, 4.69) is 20.8 Å². The van der Waals surface area contributed by atoms with Gasteiger partial charge < -0.3 is 19.2 Å². The van der Waals surface area contributed by atoms with Crippen LogP contribution in [0.25, 0.3) is 0 Å². The average molecular weight is 364 g/mol. The first-order chi connectivity index (χ1) is 12.1. The van der Waals surface area contributed by atoms with E-state index in [-0.39, 0.29) is 17.7 Å². The van der Waals surface area contributed by atoms with Crippen molar-refractivity contribution in [3.63, 3.8) is 0 Å². The number of hydrogen-bond acceptors (Lipinski definition) is 8. The Morgan fingerprint density at radius 2 is 2.04 bits per heavy atom. The van der Waals surface area contributed by atoms with Gasteiger partial charge in [-0.1, -0.05) is 23.9 Å². The van der Waals surface area contributed by atoms with Crippen molar-refractivity contribution < 1.29 is 23.5 Å². The summed E-state index contributed by atoms with van der Waals surface area (Å²) in [6, 6.07) is 6.73. The van der Waals surface area contributed by atoms with Crippen molar-refractivity contribution in [2.24, 2.45) is 0 Å². The zero-order valence-corrected chi connectivity index (χ0v) is 14.3. The van der Waals surface area contributed by atoms with Crippen LogP contribution < -0.4 is 20.1 Å². The summed E-state index contributed by atoms with van der Waals surface area (Å²) >= 11 is 1.05. The first-order valence-corrected chi connectivity index (χ1v) is 8.36. The van der Waals surface area contributed by atoms with Gasteiger partial charge in [0.15, 0.2) is 11.5 Å². The fourth-order valence-corrected chi connectivity index (χ4v) is 2.71. The highest BCUT2D eigenvalue weighted by molar-refractivity contribution is 8.00. The average Bonchev–Trinajstić information content (AvgIpc) is 3.09. The molecular formula is C15H16N4O5S. The molecule has 2 N–H and O–H groups in total. The Balaban J connectivity index is 1.61. The van der Waals surface area contributed by atoms with Gasteiger partial charge in [-0.25, -0.2) is 4.79 Å². The third-order valence-electron chi connectivity index (χ3n) is 3.32. The lowest BCUT2D eigenvalue weighted by Gasteiger charge is -2.23. The van der Waals surface area contributed by atoms with E-state index >= 15 is 0 Å². The number of carbonyl (C=O) groups is 2. The SMILES string of the molecule is CNC(=O)NC(=O)[C@@H](C)Sc1nnc([C@H]2COc3ccccc3O2)o1. The number of thioether (sulfide) groups is 1. The van der Waals surface area contributed by atoms with Gasteiger partial charge in [-0.05, 0) is 19.1 Å². The second kappa shape index (κ2) is 7.43. The molecule has 0 radical (unpaired) electrons. The largest absolute Gasteiger partial charge is 0.485 e. The molecule has 1 aliphatic rings. The van der Waals surface area contributed by atoms with Gasteiger partial charge in [0, 0.05) is 7.05 Å². The van der Waals surface area contributed by atoms with E-state index in [0.717, 1.165) is 11.8 Å². The quantitative estimate of drug-likeness (QED) is 0.785. The number of nitrogens with one attached hydrogen (secondary N) is 2. The summed E-state index contributed by atoms with van der Waals surface area (Å²) in [5, 5.41) is 12.0. The highest BCUT2D eigenvalue weighted by Gasteiger charge is 2.28. The molecule has 2 heterocycles. The zero-order valence-electron chi connectivity index (χ0n) is 13.5. The Morgan fingerprint density at radius 3 is 2.80 bits per heavy atom. The van der Waals surface area contributed by atoms with Crippen LogP contribution in [0.1, 0.15) is 18.9 Å². The number of hydrogen-bond donors (Lipinski definition) is 2. The molecule has 3 rings (SSSR count). The lowest BCUT2D eigenvalue weighted by molar-refractivity contribution is -0.119. The summed E-state index contributed by atoms with van der Waals surface area (Å²) in [7, 11) is 1.43. The van der Waals surface area contributed by atoms with Gasteiger partial charge >= 0.3 is 6.03 Å². The summed E-state index contributed by atoms with van der Waals surface area (Å²) in [6.45, 7) is 1.87. The molecule has 0 saturated carbocycles. The smallest absolute Gasteiger partial charge is 0.321 e. The minimum Gasteiger partial charge on any atom is -0.485 e. The third kappa shape index (κ3) is 4.02. The van der Waals surface area contributed by atoms with E-state index in [4.69, 9.17) is 13.9 Å². The van der Waals surface area contributed by atoms with Crippen molar-refractivity contribution in [3.05, 3.63) is 30.2 Å². The van der Waals surface area contributed by atoms with Crippen LogP contribution in [0.4, 0.5) is 4.79 Å². The monoisotopic (exact) mass is 364 g/mol. The number of para-hydroxylation sites is 2. The van der Waals surface area contributed by atoms with Crippen LogP contribution in [-0.2, 0) is 4.79 Å². The molecule has 0 bridgehead atoms. The number of imide groups is 1. The maximum absolute atomic E-state index is 11.8. The maximum atomic E-state index is 11.8. The lowest BCUT2D eigenvalue weighted by atomic mass is 10.2. The van der Waals surface area contributed by atoms with E-state index in [1.807, 2.05) is 18.2 Å². The van der Waals surface area contributed by atoms with Crippen LogP contribution in [0.3, 0.4) is 0 Å². The number of aromatic nitrogens is 2. The standard InChI is InChI=1S/C15H16N4O5S/c1-8(12(20)17-14(21)16-2)25-15-19-18-13(24-15)11-7-22-9-5-3-4-6-10(9)23-11/h3-6,8,11H,7H2,1-2H3,(H2,16,17,20,21)/t8-,11-/m1/s1. The summed E-state index contributed by atoms with van der Waals surface area (Å²) in [6.07, 6.45) is -0.522. The first-order valence-electron chi connectivity index (χ1n) is 7.48. The number of carbonyl (C=O) groups excluding carboxylic acids is 2. The highest BCUT2D eigenvalue weighted by Crippen LogP contribution is 2.36. The van der Waals surface area contributed by atoms with E-state index < -0.39 is 23.3 Å². The Labute approximate surface area is 147 Å². The van der Waals surface area contributed by atoms with E-state index in [1.54, 1.807) is 13.0 Å². The number of amides is 3. The molecule has 25 heavy (non-hydrogen) atoms. The number of nitrogens with zero attached hydrogens (tertiary/aromatic N) is 2. The normalized spacial score (nSPS) is 16.8. The van der Waals surface area contributed by atoms with Crippen LogP contribution in [0.5, 0.6) is 11.5 Å². The molecule has 0 spiro atoms. The summed E-state index contributed by atoms with van der Waals surface area (Å²) in [4.78, 5) is 23.0. The number of ether oxygens (including phenoxy) is 2. The predicted molar refractivity (Wildman–Crippen MR) is 87.5 cm³/mol. The number of rotatable bonds is 4. The van der Waals surface area contributed by atoms with Gasteiger partial charge in [0.1, 0.15) is 6.61 Å². The molecule has 3 amide bonds. The van der Waals surface area contributed by atoms with Crippen molar-refractivity contribution in [3.8, 4) is 11.5 Å². The van der Waals surface area contributed by atoms with Crippen molar-refractivity contribution >= 4 is 23.7 Å². The first kappa shape index (κ1) is 17.1. The van der Waals surface area contributed by atoms with Crippen LogP contribution >= 0.6 is 11.8 Å². The molecule has 1 aliphatic heterocycles. The summed E-state index contributed by atoms with van der Waals surface area (Å²) < 4.78 is 16.9. The Hall–Kier alpha value is -2.75. The molecule has 0 aliphatic carbocycles. The van der Waals surface area contributed by atoms with Gasteiger partial charge in [-0.15, -0.1) is 10.2 Å². The van der Waals surface area contributed by atoms with Crippen LogP contribution in [0, 0.1) is 0 Å². The summed E-state index contributed by atoms with van der Waals surface area (Å²) in [5.41, 5.74) is 0. The van der Waals surface area contributed by atoms with Gasteiger partial charge in [0.25, 0.3) is 11.1 Å². The number of fused-ring (bicyclic) bond motifs is 1. The van der Waals surface area contributed by atoms with Gasteiger partial charge in [-0.2, -0.15) is 0 Å². The van der Waals surface area contributed by atoms with E-state index in [1.165, 1.54) is 7.05 Å². The van der Waals surface area contributed by atoms with Gasteiger partial charge in [-0.3, -0.25) is 10.1 Å². The van der Waals surface area contributed by atoms with Crippen molar-refractivity contribution in [1.29, 1.82) is 0 Å². The molecule has 2 aromatic rings. The molecule has 1 aromatic heterocycles. The molecule has 10 heteroatoms. The van der Waals surface area contributed by atoms with Crippen molar-refractivity contribution in [2.45, 2.75) is 23.5 Å². The Morgan fingerprint density at radius 1 is 1.28 bits per heavy atom. The minimum absolute atomic E-state index is 0.206. The fraction of sp³-hybridized carbons (Fsp3) is 0.333. The van der Waals surface area contributed by atoms with E-state index in [9.17, 15) is 9.59 Å². The molecule has 0 unspecified atom stereocenters. The molecular weight excluding hydrogens is 348 g/mol. The van der Waals surface area contributed by atoms with Crippen LogP contribution in [0.15, 0.2) is 33.9 Å². The Kier molecular flexibility index (Phi) is 5.08. The second-order valence-corrected chi connectivity index (χ2v) is 6.39. The van der Waals surface area contributed by atoms with Crippen LogP contribution in [0.2, 0.25) is 0 Å². The number of benzene rings is 1. The van der Waals surface area contributed by atoms with Gasteiger partial charge in [0.05, 0.1) is 5.25 Å². The fourth-order valence-electron chi connectivity index (χ4n) is 2.02. The third-order valence-corrected chi connectivity index (χ3v) is 4.25. The van der Waals surface area contributed by atoms with Crippen molar-refractivity contribution in [2.75, 3.05) is 13.7 Å². The lowest BCUT2D eigenvalue weighted by Crippen LogP contribution is -2.41. The number of urea groups is 1. The molecule has 9 nitrogen and oxygen atoms in total. The zero-order chi connectivity index (χ0) is 17.8. The summed E-state index contributed by atoms with van der Waals surface area (Å²) in [5.74, 6) is 1.06. The van der Waals surface area contributed by atoms with Crippen molar-refractivity contribution in [1.82, 2.24) is 20.8 Å². The van der Waals surface area contributed by atoms with Gasteiger partial charge in [0.2, 0.25) is 12.0 Å². The molecule has 0 fully saturated rings. The highest BCUT2D eigenvalue weighted by atomic mass is 32.2. The molecule has 0 saturated heterocycles. The van der Waals surface area contributed by atoms with E-state index in [0.29, 0.717) is 11.5 Å². The predicted octanol–water partition coefficient (Wildman–Crippen LogP) is 1.52. The molecule has 2 atom stereocenters. The topological polar surface area (TPSA) is 116 Å². The van der Waals surface area contributed by atoms with Crippen LogP contribution in [-0.4, -0.2) is 41.0 Å². The minimum atomic E-state index is -0.588. The molecule has 1 aromatic carbocycles. The molecule has 132 valence electrons. The second-order valence-electron chi connectivity index (χ2n) is 5.10. The maximum Gasteiger partial charge on any atom is 0.321 e. The Bertz CT molecular complexity index is 781.